The predicted octanol–water partition coefficient (Wildman–Crippen LogP) is 0.944. The first-order valence-electron chi connectivity index (χ1n) is 7.58. The van der Waals surface area contributed by atoms with Crippen molar-refractivity contribution in [2.45, 2.75) is 31.8 Å². The van der Waals surface area contributed by atoms with Crippen LogP contribution in [0.2, 0.25) is 0 Å². The average Bonchev–Trinajstić information content (AvgIpc) is 2.70. The van der Waals surface area contributed by atoms with Crippen molar-refractivity contribution >= 4 is 11.8 Å². The van der Waals surface area contributed by atoms with Gasteiger partial charge < -0.3 is 20.4 Å². The molecule has 1 fully saturated rings. The Hall–Kier alpha value is -2.08. The number of nitrogens with zero attached hydrogens (tertiary/aromatic N) is 1. The first-order chi connectivity index (χ1) is 10.6. The third-order valence-electron chi connectivity index (χ3n) is 3.75. The van der Waals surface area contributed by atoms with Gasteiger partial charge >= 0.3 is 0 Å². The fourth-order valence-electron chi connectivity index (χ4n) is 2.50. The molecule has 3 N–H and O–H groups in total. The smallest absolute Gasteiger partial charge is 0.239 e. The number of aromatic hydroxyl groups is 1. The highest BCUT2D eigenvalue weighted by molar-refractivity contribution is 5.84. The Morgan fingerprint density at radius 3 is 2.91 bits per heavy atom. The fraction of sp³-hybridized carbons (Fsp3) is 0.500. The van der Waals surface area contributed by atoms with E-state index in [1.165, 1.54) is 12.1 Å². The molecule has 120 valence electrons. The van der Waals surface area contributed by atoms with Crippen molar-refractivity contribution in [3.63, 3.8) is 0 Å². The molecule has 22 heavy (non-hydrogen) atoms. The lowest BCUT2D eigenvalue weighted by Gasteiger charge is -2.20. The van der Waals surface area contributed by atoms with Crippen LogP contribution < -0.4 is 5.32 Å². The van der Waals surface area contributed by atoms with E-state index in [0.717, 1.165) is 19.3 Å². The lowest BCUT2D eigenvalue weighted by atomic mass is 10.1. The van der Waals surface area contributed by atoms with Gasteiger partial charge in [0.15, 0.2) is 0 Å². The van der Waals surface area contributed by atoms with Crippen LogP contribution in [-0.2, 0) is 9.59 Å². The van der Waals surface area contributed by atoms with Gasteiger partial charge in [0.1, 0.15) is 5.75 Å². The molecule has 0 unspecified atom stereocenters. The summed E-state index contributed by atoms with van der Waals surface area (Å²) in [6.45, 7) is 0.692. The summed E-state index contributed by atoms with van der Waals surface area (Å²) in [4.78, 5) is 25.3. The maximum absolute atomic E-state index is 11.9. The van der Waals surface area contributed by atoms with Crippen LogP contribution in [0.5, 0.6) is 5.75 Å². The third-order valence-corrected chi connectivity index (χ3v) is 3.75. The van der Waals surface area contributed by atoms with Gasteiger partial charge in [-0.05, 0) is 30.5 Å². The zero-order chi connectivity index (χ0) is 15.9. The van der Waals surface area contributed by atoms with Crippen molar-refractivity contribution < 1.29 is 19.8 Å². The van der Waals surface area contributed by atoms with E-state index in [-0.39, 0.29) is 30.7 Å². The highest BCUT2D eigenvalue weighted by atomic mass is 16.3. The minimum atomic E-state index is -0.893. The molecular weight excluding hydrogens is 284 g/mol. The van der Waals surface area contributed by atoms with Crippen LogP contribution in [-0.4, -0.2) is 46.6 Å². The molecule has 0 radical (unpaired) electrons. The maximum atomic E-state index is 11.9. The van der Waals surface area contributed by atoms with E-state index in [2.05, 4.69) is 5.32 Å². The van der Waals surface area contributed by atoms with E-state index >= 15 is 0 Å². The number of nitrogens with one attached hydrogen (secondary N) is 1. The zero-order valence-electron chi connectivity index (χ0n) is 12.5. The van der Waals surface area contributed by atoms with Crippen molar-refractivity contribution in [3.8, 4) is 5.75 Å². The number of benzene rings is 1. The van der Waals surface area contributed by atoms with Crippen LogP contribution in [0.3, 0.4) is 0 Å². The summed E-state index contributed by atoms with van der Waals surface area (Å²) in [5.74, 6) is -0.200. The van der Waals surface area contributed by atoms with Crippen molar-refractivity contribution in [1.29, 1.82) is 0 Å². The van der Waals surface area contributed by atoms with E-state index in [1.54, 1.807) is 17.0 Å². The molecule has 1 aliphatic rings. The lowest BCUT2D eigenvalue weighted by molar-refractivity contribution is -0.135. The maximum Gasteiger partial charge on any atom is 0.239 e. The summed E-state index contributed by atoms with van der Waals surface area (Å²) < 4.78 is 0. The number of carbonyl (C=O) groups is 2. The Bertz CT molecular complexity index is 533. The van der Waals surface area contributed by atoms with Crippen LogP contribution in [0, 0.1) is 0 Å². The van der Waals surface area contributed by atoms with Crippen LogP contribution in [0.15, 0.2) is 24.3 Å². The number of hydrogen-bond acceptors (Lipinski definition) is 4. The number of carbonyl (C=O) groups excluding carboxylic acids is 2. The Morgan fingerprint density at radius 2 is 2.14 bits per heavy atom. The Labute approximate surface area is 129 Å². The standard InChI is InChI=1S/C16H22N2O4/c19-13-6-4-5-12(9-13)14(20)10-17-15(21)11-18-8-3-1-2-7-16(18)22/h4-6,9,14,19-20H,1-3,7-8,10-11H2,(H,17,21)/t14-/m0/s1. The van der Waals surface area contributed by atoms with Gasteiger partial charge in [-0.15, -0.1) is 0 Å². The summed E-state index contributed by atoms with van der Waals surface area (Å²) in [6, 6.07) is 6.27. The molecule has 2 amide bonds. The van der Waals surface area contributed by atoms with Gasteiger partial charge in [0.25, 0.3) is 0 Å². The molecule has 1 saturated heterocycles. The van der Waals surface area contributed by atoms with Gasteiger partial charge in [-0.1, -0.05) is 18.6 Å². The number of phenols is 1. The summed E-state index contributed by atoms with van der Waals surface area (Å²) >= 11 is 0. The quantitative estimate of drug-likeness (QED) is 0.755. The van der Waals surface area contributed by atoms with Gasteiger partial charge in [0.2, 0.25) is 11.8 Å². The van der Waals surface area contributed by atoms with Gasteiger partial charge in [-0.2, -0.15) is 0 Å². The third kappa shape index (κ3) is 4.73. The van der Waals surface area contributed by atoms with E-state index in [9.17, 15) is 19.8 Å². The topological polar surface area (TPSA) is 89.9 Å². The van der Waals surface area contributed by atoms with E-state index in [1.807, 2.05) is 0 Å². The number of likely N-dealkylation sites (tertiary alicyclic amines) is 1. The van der Waals surface area contributed by atoms with Crippen LogP contribution in [0.4, 0.5) is 0 Å². The summed E-state index contributed by atoms with van der Waals surface area (Å²) in [5, 5.41) is 22.0. The highest BCUT2D eigenvalue weighted by Gasteiger charge is 2.19. The second-order valence-electron chi connectivity index (χ2n) is 5.54. The summed E-state index contributed by atoms with van der Waals surface area (Å²) in [7, 11) is 0. The highest BCUT2D eigenvalue weighted by Crippen LogP contribution is 2.17. The average molecular weight is 306 g/mol. The molecule has 1 atom stereocenters. The molecule has 0 bridgehead atoms. The molecule has 1 aromatic carbocycles. The first-order valence-corrected chi connectivity index (χ1v) is 7.58. The SMILES string of the molecule is O=C(CN1CCCCCC1=O)NC[C@H](O)c1cccc(O)c1. The number of hydrogen-bond donors (Lipinski definition) is 3. The van der Waals surface area contributed by atoms with Gasteiger partial charge in [0.05, 0.1) is 12.6 Å². The van der Waals surface area contributed by atoms with Gasteiger partial charge in [0, 0.05) is 19.5 Å². The monoisotopic (exact) mass is 306 g/mol. The van der Waals surface area contributed by atoms with E-state index in [4.69, 9.17) is 0 Å². The molecule has 0 saturated carbocycles. The number of amides is 2. The fourth-order valence-corrected chi connectivity index (χ4v) is 2.50. The largest absolute Gasteiger partial charge is 0.508 e. The molecule has 1 aromatic rings. The number of phenolic OH excluding ortho intramolecular Hbond substituents is 1. The molecule has 6 heteroatoms. The van der Waals surface area contributed by atoms with Crippen molar-refractivity contribution in [3.05, 3.63) is 29.8 Å². The molecular formula is C16H22N2O4. The molecule has 1 aliphatic heterocycles. The summed E-state index contributed by atoms with van der Waals surface area (Å²) in [6.07, 6.45) is 2.42. The number of aliphatic hydroxyl groups is 1. The van der Waals surface area contributed by atoms with Crippen molar-refractivity contribution in [1.82, 2.24) is 10.2 Å². The van der Waals surface area contributed by atoms with Gasteiger partial charge in [-0.25, -0.2) is 0 Å². The molecule has 1 heterocycles. The first kappa shape index (κ1) is 16.3. The molecule has 6 nitrogen and oxygen atoms in total. The molecule has 0 aliphatic carbocycles. The molecule has 2 rings (SSSR count). The second kappa shape index (κ2) is 7.79. The van der Waals surface area contributed by atoms with Crippen molar-refractivity contribution in [2.75, 3.05) is 19.6 Å². The Balaban J connectivity index is 1.80. The number of aliphatic hydroxyl groups excluding tert-OH is 1. The molecule has 0 aromatic heterocycles. The van der Waals surface area contributed by atoms with Crippen LogP contribution in [0.25, 0.3) is 0 Å². The summed E-state index contributed by atoms with van der Waals surface area (Å²) in [5.41, 5.74) is 0.533. The lowest BCUT2D eigenvalue weighted by Crippen LogP contribution is -2.41. The zero-order valence-corrected chi connectivity index (χ0v) is 12.5. The van der Waals surface area contributed by atoms with Crippen molar-refractivity contribution in [2.24, 2.45) is 0 Å². The normalized spacial score (nSPS) is 17.0. The van der Waals surface area contributed by atoms with E-state index < -0.39 is 6.10 Å². The minimum absolute atomic E-state index is 0.0150. The van der Waals surface area contributed by atoms with Crippen LogP contribution in [0.1, 0.15) is 37.4 Å². The van der Waals surface area contributed by atoms with E-state index in [0.29, 0.717) is 18.5 Å². The van der Waals surface area contributed by atoms with Crippen LogP contribution >= 0.6 is 0 Å². The predicted molar refractivity (Wildman–Crippen MR) is 81.1 cm³/mol. The Morgan fingerprint density at radius 1 is 1.32 bits per heavy atom. The number of rotatable bonds is 5. The second-order valence-corrected chi connectivity index (χ2v) is 5.54. The van der Waals surface area contributed by atoms with Gasteiger partial charge in [-0.3, -0.25) is 9.59 Å². The Kier molecular flexibility index (Phi) is 5.77. The minimum Gasteiger partial charge on any atom is -0.508 e. The molecule has 0 spiro atoms.